The Balaban J connectivity index is 1.48. The van der Waals surface area contributed by atoms with Gasteiger partial charge in [0, 0.05) is 0 Å². The number of esters is 1. The van der Waals surface area contributed by atoms with Crippen molar-refractivity contribution in [3.8, 4) is 0 Å². The summed E-state index contributed by atoms with van der Waals surface area (Å²) in [6.07, 6.45) is -6.10. The molecule has 4 aromatic rings. The van der Waals surface area contributed by atoms with E-state index in [-0.39, 0.29) is 32.0 Å². The lowest BCUT2D eigenvalue weighted by atomic mass is 9.98. The fraction of sp³-hybridized carbons (Fsp3) is 0.265. The van der Waals surface area contributed by atoms with E-state index in [0.717, 1.165) is 16.7 Å². The van der Waals surface area contributed by atoms with E-state index >= 15 is 0 Å². The molecule has 1 unspecified atom stereocenters. The monoisotopic (exact) mass is 634 g/mol. The minimum atomic E-state index is -5.10. The van der Waals surface area contributed by atoms with E-state index in [1.54, 1.807) is 30.3 Å². The smallest absolute Gasteiger partial charge is 0.453 e. The summed E-state index contributed by atoms with van der Waals surface area (Å²) in [5.41, 5.74) is 2.81. The average molecular weight is 635 g/mol. The van der Waals surface area contributed by atoms with Crippen LogP contribution in [0.2, 0.25) is 0 Å². The molecule has 11 heteroatoms. The molecule has 0 spiro atoms. The van der Waals surface area contributed by atoms with Crippen molar-refractivity contribution >= 4 is 13.8 Å². The first-order valence-electron chi connectivity index (χ1n) is 14.4. The second kappa shape index (κ2) is 16.0. The topological polar surface area (TPSA) is 130 Å². The van der Waals surface area contributed by atoms with Gasteiger partial charge in [-0.3, -0.25) is 4.52 Å². The molecule has 0 radical (unpaired) electrons. The van der Waals surface area contributed by atoms with Crippen molar-refractivity contribution in [2.75, 3.05) is 6.61 Å². The summed E-state index contributed by atoms with van der Waals surface area (Å²) in [6, 6.07) is 36.4. The molecule has 1 fully saturated rings. The highest BCUT2D eigenvalue weighted by atomic mass is 31.2. The predicted octanol–water partition coefficient (Wildman–Crippen LogP) is 5.43. The number of rotatable bonds is 14. The third-order valence-electron chi connectivity index (χ3n) is 7.05. The maximum Gasteiger partial charge on any atom is 0.472 e. The summed E-state index contributed by atoms with van der Waals surface area (Å²) in [5.74, 6) is -0.678. The van der Waals surface area contributed by atoms with Gasteiger partial charge in [0.1, 0.15) is 18.3 Å². The second-order valence-electron chi connectivity index (χ2n) is 10.4. The SMILES string of the molecule is O=C(O[C@H]1[C@H](OCc2ccccc2)[C@@H](COCc2ccccc2)OC(OP(=O)(O)O)[C@@H]1OCc1ccccc1)c1ccccc1. The second-order valence-corrected chi connectivity index (χ2v) is 11.6. The largest absolute Gasteiger partial charge is 0.472 e. The van der Waals surface area contributed by atoms with E-state index < -0.39 is 44.5 Å². The van der Waals surface area contributed by atoms with Gasteiger partial charge in [-0.2, -0.15) is 0 Å². The van der Waals surface area contributed by atoms with Crippen LogP contribution < -0.4 is 0 Å². The third-order valence-corrected chi connectivity index (χ3v) is 7.53. The minimum absolute atomic E-state index is 0.00977. The lowest BCUT2D eigenvalue weighted by Crippen LogP contribution is -2.62. The van der Waals surface area contributed by atoms with Crippen LogP contribution in [0.5, 0.6) is 0 Å². The highest BCUT2D eigenvalue weighted by molar-refractivity contribution is 7.46. The molecule has 0 saturated carbocycles. The number of ether oxygens (including phenoxy) is 5. The van der Waals surface area contributed by atoms with Gasteiger partial charge in [0.2, 0.25) is 0 Å². The van der Waals surface area contributed by atoms with Crippen molar-refractivity contribution in [3.63, 3.8) is 0 Å². The molecule has 1 aliphatic heterocycles. The summed E-state index contributed by atoms with van der Waals surface area (Å²) in [6.45, 7) is 0.299. The van der Waals surface area contributed by atoms with Gasteiger partial charge in [0.05, 0.1) is 32.0 Å². The molecule has 0 bridgehead atoms. The zero-order valence-electron chi connectivity index (χ0n) is 24.4. The van der Waals surface area contributed by atoms with Crippen molar-refractivity contribution in [2.45, 2.75) is 50.5 Å². The molecule has 1 heterocycles. The lowest BCUT2D eigenvalue weighted by molar-refractivity contribution is -0.302. The number of hydrogen-bond donors (Lipinski definition) is 2. The van der Waals surface area contributed by atoms with E-state index in [4.69, 9.17) is 28.2 Å². The van der Waals surface area contributed by atoms with Crippen LogP contribution in [0.25, 0.3) is 0 Å². The highest BCUT2D eigenvalue weighted by Crippen LogP contribution is 2.42. The van der Waals surface area contributed by atoms with Crippen LogP contribution in [0.1, 0.15) is 27.0 Å². The van der Waals surface area contributed by atoms with Gasteiger partial charge in [0.25, 0.3) is 0 Å². The fourth-order valence-electron chi connectivity index (χ4n) is 4.91. The summed E-state index contributed by atoms with van der Waals surface area (Å²) >= 11 is 0. The van der Waals surface area contributed by atoms with Gasteiger partial charge in [0.15, 0.2) is 12.4 Å². The Kier molecular flexibility index (Phi) is 11.6. The van der Waals surface area contributed by atoms with Crippen molar-refractivity contribution in [3.05, 3.63) is 144 Å². The van der Waals surface area contributed by atoms with Crippen molar-refractivity contribution in [1.29, 1.82) is 0 Å². The van der Waals surface area contributed by atoms with Gasteiger partial charge in [-0.25, -0.2) is 9.36 Å². The first-order chi connectivity index (χ1) is 21.9. The van der Waals surface area contributed by atoms with Gasteiger partial charge in [-0.1, -0.05) is 109 Å². The normalized spacial score (nSPS) is 21.7. The predicted molar refractivity (Wildman–Crippen MR) is 164 cm³/mol. The van der Waals surface area contributed by atoms with E-state index in [0.29, 0.717) is 0 Å². The molecule has 4 aromatic carbocycles. The number of hydrogen-bond acceptors (Lipinski definition) is 8. The zero-order chi connectivity index (χ0) is 31.5. The van der Waals surface area contributed by atoms with Crippen molar-refractivity contribution in [1.82, 2.24) is 0 Å². The van der Waals surface area contributed by atoms with Crippen LogP contribution in [0.15, 0.2) is 121 Å². The van der Waals surface area contributed by atoms with E-state index in [1.807, 2.05) is 91.0 Å². The van der Waals surface area contributed by atoms with E-state index in [2.05, 4.69) is 0 Å². The van der Waals surface area contributed by atoms with Crippen LogP contribution in [0.3, 0.4) is 0 Å². The van der Waals surface area contributed by atoms with E-state index in [1.165, 1.54) is 0 Å². The molecule has 5 atom stereocenters. The molecule has 1 aliphatic rings. The third kappa shape index (κ3) is 9.89. The molecule has 5 rings (SSSR count). The molecule has 45 heavy (non-hydrogen) atoms. The summed E-state index contributed by atoms with van der Waals surface area (Å²) in [4.78, 5) is 33.1. The lowest BCUT2D eigenvalue weighted by Gasteiger charge is -2.45. The zero-order valence-corrected chi connectivity index (χ0v) is 25.3. The molecular formula is C34H35O10P. The number of carbonyl (C=O) groups excluding carboxylic acids is 1. The maximum atomic E-state index is 13.5. The molecule has 0 aliphatic carbocycles. The Morgan fingerprint density at radius 3 is 1.62 bits per heavy atom. The first kappa shape index (κ1) is 32.7. The van der Waals surface area contributed by atoms with Crippen LogP contribution in [0.4, 0.5) is 0 Å². The Labute approximate surface area is 261 Å². The van der Waals surface area contributed by atoms with Crippen LogP contribution in [0, 0.1) is 0 Å². The Morgan fingerprint density at radius 1 is 0.644 bits per heavy atom. The summed E-state index contributed by atoms with van der Waals surface area (Å²) in [5, 5.41) is 0. The van der Waals surface area contributed by atoms with Gasteiger partial charge in [-0.05, 0) is 28.8 Å². The standard InChI is InChI=1S/C34H35O10P/c35-33(28-19-11-4-12-20-28)43-31-30(40-22-26-15-7-2-8-16-26)29(24-39-21-25-13-5-1-6-14-25)42-34(44-45(36,37)38)32(31)41-23-27-17-9-3-10-18-27/h1-20,29-32,34H,21-24H2,(H2,36,37,38)/t29-,30-,31+,32-,34?/m1/s1. The first-order valence-corrected chi connectivity index (χ1v) is 16.0. The molecular weight excluding hydrogens is 599 g/mol. The Bertz CT molecular complexity index is 1500. The van der Waals surface area contributed by atoms with Gasteiger partial charge in [-0.15, -0.1) is 0 Å². The molecule has 10 nitrogen and oxygen atoms in total. The maximum absolute atomic E-state index is 13.5. The quantitative estimate of drug-likeness (QED) is 0.137. The van der Waals surface area contributed by atoms with Crippen molar-refractivity contribution in [2.24, 2.45) is 0 Å². The number of phosphoric ester groups is 1. The Morgan fingerprint density at radius 2 is 1.11 bits per heavy atom. The van der Waals surface area contributed by atoms with Crippen LogP contribution in [-0.2, 0) is 52.6 Å². The molecule has 236 valence electrons. The van der Waals surface area contributed by atoms with Gasteiger partial charge >= 0.3 is 13.8 Å². The number of phosphoric acid groups is 1. The highest BCUT2D eigenvalue weighted by Gasteiger charge is 2.52. The minimum Gasteiger partial charge on any atom is -0.453 e. The average Bonchev–Trinajstić information content (AvgIpc) is 3.05. The molecule has 0 aromatic heterocycles. The van der Waals surface area contributed by atoms with Crippen LogP contribution in [-0.4, -0.2) is 53.1 Å². The summed E-state index contributed by atoms with van der Waals surface area (Å²) < 4.78 is 48.0. The molecule has 0 amide bonds. The van der Waals surface area contributed by atoms with Crippen LogP contribution >= 0.6 is 7.82 Å². The number of benzene rings is 4. The van der Waals surface area contributed by atoms with Gasteiger partial charge < -0.3 is 33.5 Å². The fourth-order valence-corrected chi connectivity index (χ4v) is 5.35. The molecule has 1 saturated heterocycles. The van der Waals surface area contributed by atoms with E-state index in [9.17, 15) is 19.1 Å². The van der Waals surface area contributed by atoms with Crippen molar-refractivity contribution < 1.29 is 47.4 Å². The molecule has 2 N–H and O–H groups in total. The Hall–Kier alpha value is -3.70. The summed E-state index contributed by atoms with van der Waals surface area (Å²) in [7, 11) is -5.10. The number of carbonyl (C=O) groups is 1.